The van der Waals surface area contributed by atoms with E-state index in [9.17, 15) is 27.5 Å². The number of phenols is 1. The van der Waals surface area contributed by atoms with Crippen LogP contribution in [0.15, 0.2) is 42.0 Å². The third-order valence-corrected chi connectivity index (χ3v) is 6.36. The maximum Gasteiger partial charge on any atom is 0.393 e. The molecule has 0 bridgehead atoms. The molecule has 0 radical (unpaired) electrons. The van der Waals surface area contributed by atoms with Gasteiger partial charge in [0.05, 0.1) is 5.92 Å². The van der Waals surface area contributed by atoms with Crippen LogP contribution in [0.25, 0.3) is 10.6 Å². The van der Waals surface area contributed by atoms with E-state index in [4.69, 9.17) is 5.73 Å². The third kappa shape index (κ3) is 5.14. The smallest absolute Gasteiger partial charge is 0.393 e. The molecule has 174 valence electrons. The first-order chi connectivity index (χ1) is 15.6. The third-order valence-electron chi connectivity index (χ3n) is 5.49. The van der Waals surface area contributed by atoms with Crippen molar-refractivity contribution in [1.29, 1.82) is 0 Å². The van der Waals surface area contributed by atoms with Gasteiger partial charge >= 0.3 is 6.18 Å². The van der Waals surface area contributed by atoms with E-state index in [-0.39, 0.29) is 53.7 Å². The number of phenolic OH excluding ortho intramolecular Hbond substituents is 1. The van der Waals surface area contributed by atoms with E-state index in [0.29, 0.717) is 11.3 Å². The fraction of sp³-hybridized carbons (Fsp3) is 0.318. The number of anilines is 1. The molecular weight excluding hydrogens is 460 g/mol. The van der Waals surface area contributed by atoms with Gasteiger partial charge in [-0.3, -0.25) is 9.78 Å². The highest BCUT2D eigenvalue weighted by molar-refractivity contribution is 7.13. The van der Waals surface area contributed by atoms with Crippen LogP contribution in [0.2, 0.25) is 0 Å². The van der Waals surface area contributed by atoms with Gasteiger partial charge in [-0.25, -0.2) is 9.37 Å². The molecule has 3 heterocycles. The molecule has 0 aliphatic carbocycles. The molecule has 0 saturated carbocycles. The first-order valence-corrected chi connectivity index (χ1v) is 11.0. The Kier molecular flexibility index (Phi) is 6.35. The molecule has 33 heavy (non-hydrogen) atoms. The second-order valence-corrected chi connectivity index (χ2v) is 8.80. The normalized spacial score (nSPS) is 19.0. The van der Waals surface area contributed by atoms with Crippen molar-refractivity contribution >= 4 is 22.8 Å². The predicted molar refractivity (Wildman–Crippen MR) is 116 cm³/mol. The summed E-state index contributed by atoms with van der Waals surface area (Å²) >= 11 is 1.08. The summed E-state index contributed by atoms with van der Waals surface area (Å²) in [6, 6.07) is 4.57. The lowest BCUT2D eigenvalue weighted by Crippen LogP contribution is -2.51. The second-order valence-electron chi connectivity index (χ2n) is 7.95. The predicted octanol–water partition coefficient (Wildman–Crippen LogP) is 4.19. The van der Waals surface area contributed by atoms with Crippen molar-refractivity contribution < 1.29 is 27.5 Å². The van der Waals surface area contributed by atoms with E-state index >= 15 is 0 Å². The molecule has 11 heteroatoms. The minimum Gasteiger partial charge on any atom is -0.508 e. The molecule has 2 aromatic heterocycles. The van der Waals surface area contributed by atoms with Crippen molar-refractivity contribution in [2.75, 3.05) is 18.0 Å². The summed E-state index contributed by atoms with van der Waals surface area (Å²) in [5.41, 5.74) is 7.09. The Balaban J connectivity index is 1.55. The number of carbonyl (C=O) groups excluding carboxylic acids is 1. The number of ketones is 1. The van der Waals surface area contributed by atoms with Gasteiger partial charge < -0.3 is 15.7 Å². The molecule has 4 rings (SSSR count). The number of pyridine rings is 1. The number of nitrogens with zero attached hydrogens (tertiary/aromatic N) is 3. The second kappa shape index (κ2) is 9.06. The van der Waals surface area contributed by atoms with E-state index in [1.165, 1.54) is 29.9 Å². The molecule has 0 amide bonds. The number of halogens is 4. The Hall–Kier alpha value is -3.05. The summed E-state index contributed by atoms with van der Waals surface area (Å²) < 4.78 is 54.1. The van der Waals surface area contributed by atoms with Crippen LogP contribution >= 0.6 is 11.3 Å². The van der Waals surface area contributed by atoms with Gasteiger partial charge in [0.15, 0.2) is 5.78 Å². The summed E-state index contributed by atoms with van der Waals surface area (Å²) in [6.07, 6.45) is -1.73. The molecule has 1 aliphatic rings. The van der Waals surface area contributed by atoms with E-state index in [2.05, 4.69) is 9.97 Å². The summed E-state index contributed by atoms with van der Waals surface area (Å²) in [7, 11) is 0. The van der Waals surface area contributed by atoms with Crippen LogP contribution < -0.4 is 10.6 Å². The van der Waals surface area contributed by atoms with Crippen LogP contribution in [0, 0.1) is 11.7 Å². The Morgan fingerprint density at radius 2 is 2.06 bits per heavy atom. The SMILES string of the molecule is N[C@H]1C[C@@H](C(F)(F)F)CN(c2ccncc2CC(=O)c2csc(-c3ccc(O)cc3F)n2)C1. The molecule has 6 nitrogen and oxygen atoms in total. The first-order valence-electron chi connectivity index (χ1n) is 10.1. The molecule has 3 N–H and O–H groups in total. The standard InChI is InChI=1S/C22H20F4N4O2S/c23-17-7-15(31)1-2-16(17)21-29-18(11-33-21)20(32)5-12-8-28-4-3-19(12)30-9-13(22(24,25)26)6-14(27)10-30/h1-4,7-8,11,13-14,31H,5-6,9-10,27H2/t13-,14+/m1/s1. The van der Waals surface area contributed by atoms with Crippen molar-refractivity contribution in [3.8, 4) is 16.3 Å². The van der Waals surface area contributed by atoms with Gasteiger partial charge in [-0.1, -0.05) is 0 Å². The van der Waals surface area contributed by atoms with Crippen molar-refractivity contribution in [2.45, 2.75) is 25.1 Å². The highest BCUT2D eigenvalue weighted by atomic mass is 32.1. The number of Topliss-reactive ketones (excluding diaryl/α,β-unsaturated/α-hetero) is 1. The largest absolute Gasteiger partial charge is 0.508 e. The fourth-order valence-electron chi connectivity index (χ4n) is 3.90. The number of alkyl halides is 3. The van der Waals surface area contributed by atoms with Gasteiger partial charge in [-0.05, 0) is 24.6 Å². The number of thiazole rings is 1. The number of piperidine rings is 1. The lowest BCUT2D eigenvalue weighted by molar-refractivity contribution is -0.177. The van der Waals surface area contributed by atoms with E-state index in [0.717, 1.165) is 17.4 Å². The Morgan fingerprint density at radius 3 is 2.79 bits per heavy atom. The van der Waals surface area contributed by atoms with E-state index in [1.807, 2.05) is 0 Å². The number of hydrogen-bond donors (Lipinski definition) is 2. The number of rotatable bonds is 5. The van der Waals surface area contributed by atoms with Crippen LogP contribution in [0.5, 0.6) is 5.75 Å². The van der Waals surface area contributed by atoms with Crippen molar-refractivity contribution in [2.24, 2.45) is 11.7 Å². The van der Waals surface area contributed by atoms with Crippen LogP contribution in [-0.4, -0.2) is 46.2 Å². The molecule has 2 atom stereocenters. The van der Waals surface area contributed by atoms with Gasteiger partial charge in [0.2, 0.25) is 0 Å². The first kappa shape index (κ1) is 23.1. The minimum absolute atomic E-state index is 0.112. The van der Waals surface area contributed by atoms with Gasteiger partial charge in [-0.15, -0.1) is 11.3 Å². The van der Waals surface area contributed by atoms with Crippen LogP contribution in [0.4, 0.5) is 23.2 Å². The van der Waals surface area contributed by atoms with Crippen molar-refractivity contribution in [3.63, 3.8) is 0 Å². The van der Waals surface area contributed by atoms with E-state index < -0.39 is 24.0 Å². The number of aromatic hydroxyl groups is 1. The summed E-state index contributed by atoms with van der Waals surface area (Å²) in [5, 5.41) is 11.1. The minimum atomic E-state index is -4.36. The zero-order valence-electron chi connectivity index (χ0n) is 17.2. The number of carbonyl (C=O) groups is 1. The van der Waals surface area contributed by atoms with Gasteiger partial charge in [-0.2, -0.15) is 13.2 Å². The van der Waals surface area contributed by atoms with Crippen LogP contribution in [0.3, 0.4) is 0 Å². The quantitative estimate of drug-likeness (QED) is 0.420. The molecule has 0 spiro atoms. The maximum absolute atomic E-state index is 14.1. The average molecular weight is 480 g/mol. The molecule has 1 fully saturated rings. The van der Waals surface area contributed by atoms with Gasteiger partial charge in [0.25, 0.3) is 0 Å². The number of hydrogen-bond acceptors (Lipinski definition) is 7. The van der Waals surface area contributed by atoms with E-state index in [1.54, 1.807) is 11.0 Å². The molecular formula is C22H20F4N4O2S. The Bertz CT molecular complexity index is 1170. The molecule has 1 aliphatic heterocycles. The zero-order chi connectivity index (χ0) is 23.8. The van der Waals surface area contributed by atoms with Gasteiger partial charge in [0, 0.05) is 66.2 Å². The van der Waals surface area contributed by atoms with Crippen LogP contribution in [-0.2, 0) is 6.42 Å². The number of nitrogens with two attached hydrogens (primary N) is 1. The Labute approximate surface area is 190 Å². The monoisotopic (exact) mass is 480 g/mol. The molecule has 1 saturated heterocycles. The molecule has 3 aromatic rings. The molecule has 0 unspecified atom stereocenters. The summed E-state index contributed by atoms with van der Waals surface area (Å²) in [6.45, 7) is -0.0118. The van der Waals surface area contributed by atoms with Gasteiger partial charge in [0.1, 0.15) is 22.3 Å². The van der Waals surface area contributed by atoms with Crippen molar-refractivity contribution in [1.82, 2.24) is 9.97 Å². The summed E-state index contributed by atoms with van der Waals surface area (Å²) in [4.78, 5) is 22.7. The number of aromatic nitrogens is 2. The highest BCUT2D eigenvalue weighted by Crippen LogP contribution is 2.36. The lowest BCUT2D eigenvalue weighted by Gasteiger charge is -2.39. The van der Waals surface area contributed by atoms with Crippen molar-refractivity contribution in [3.05, 3.63) is 59.1 Å². The number of benzene rings is 1. The summed E-state index contributed by atoms with van der Waals surface area (Å²) in [5.74, 6) is -2.82. The molecule has 1 aromatic carbocycles. The topological polar surface area (TPSA) is 92.3 Å². The zero-order valence-corrected chi connectivity index (χ0v) is 18.0. The maximum atomic E-state index is 14.1. The fourth-order valence-corrected chi connectivity index (χ4v) is 4.75. The Morgan fingerprint density at radius 1 is 1.27 bits per heavy atom. The van der Waals surface area contributed by atoms with Crippen LogP contribution in [0.1, 0.15) is 22.5 Å². The average Bonchev–Trinajstić information content (AvgIpc) is 3.23. The highest BCUT2D eigenvalue weighted by Gasteiger charge is 2.44. The lowest BCUT2D eigenvalue weighted by atomic mass is 9.93.